The summed E-state index contributed by atoms with van der Waals surface area (Å²) in [5, 5.41) is 3.30. The maximum Gasteiger partial charge on any atom is 0.158 e. The standard InChI is InChI=1S/C8H14N2OS/c1-12-5-8-10-6-4-9-3-2-7(6)11-8/h7-9H,2-5H2,1H3. The molecule has 0 saturated carbocycles. The van der Waals surface area contributed by atoms with Gasteiger partial charge in [0.05, 0.1) is 5.71 Å². The van der Waals surface area contributed by atoms with Gasteiger partial charge in [0.25, 0.3) is 0 Å². The van der Waals surface area contributed by atoms with E-state index in [2.05, 4.69) is 16.6 Å². The highest BCUT2D eigenvalue weighted by molar-refractivity contribution is 7.98. The van der Waals surface area contributed by atoms with E-state index in [4.69, 9.17) is 4.74 Å². The lowest BCUT2D eigenvalue weighted by atomic mass is 10.1. The molecule has 12 heavy (non-hydrogen) atoms. The molecule has 1 N–H and O–H groups in total. The minimum Gasteiger partial charge on any atom is -0.346 e. The molecule has 2 heterocycles. The molecule has 0 amide bonds. The summed E-state index contributed by atoms with van der Waals surface area (Å²) in [6.45, 7) is 1.99. The topological polar surface area (TPSA) is 33.6 Å². The number of nitrogens with one attached hydrogen (secondary N) is 1. The number of fused-ring (bicyclic) bond motifs is 1. The number of piperidine rings is 1. The molecule has 0 aromatic rings. The van der Waals surface area contributed by atoms with Crippen LogP contribution in [0.1, 0.15) is 6.42 Å². The molecule has 2 rings (SSSR count). The number of ether oxygens (including phenoxy) is 1. The normalized spacial score (nSPS) is 34.6. The maximum absolute atomic E-state index is 5.74. The van der Waals surface area contributed by atoms with Gasteiger partial charge in [-0.3, -0.25) is 4.99 Å². The molecular weight excluding hydrogens is 172 g/mol. The third-order valence-corrected chi connectivity index (χ3v) is 2.82. The Hall–Kier alpha value is -0.0600. The first-order valence-corrected chi connectivity index (χ1v) is 5.71. The fourth-order valence-corrected chi connectivity index (χ4v) is 2.07. The smallest absolute Gasteiger partial charge is 0.158 e. The number of rotatable bonds is 2. The summed E-state index contributed by atoms with van der Waals surface area (Å²) in [4.78, 5) is 4.51. The molecule has 3 nitrogen and oxygen atoms in total. The van der Waals surface area contributed by atoms with Crippen molar-refractivity contribution in [3.8, 4) is 0 Å². The van der Waals surface area contributed by atoms with Gasteiger partial charge in [-0.15, -0.1) is 0 Å². The molecule has 0 aliphatic carbocycles. The van der Waals surface area contributed by atoms with Crippen LogP contribution in [0.4, 0.5) is 0 Å². The first kappa shape index (κ1) is 8.53. The summed E-state index contributed by atoms with van der Waals surface area (Å²) in [6, 6.07) is 0. The highest BCUT2D eigenvalue weighted by atomic mass is 32.2. The lowest BCUT2D eigenvalue weighted by molar-refractivity contribution is 0.0585. The van der Waals surface area contributed by atoms with Crippen molar-refractivity contribution >= 4 is 17.5 Å². The van der Waals surface area contributed by atoms with Crippen LogP contribution in [0.2, 0.25) is 0 Å². The van der Waals surface area contributed by atoms with Crippen LogP contribution in [0.5, 0.6) is 0 Å². The fourth-order valence-electron chi connectivity index (χ4n) is 1.63. The van der Waals surface area contributed by atoms with E-state index in [-0.39, 0.29) is 6.23 Å². The Kier molecular flexibility index (Phi) is 2.68. The Morgan fingerprint density at radius 3 is 3.42 bits per heavy atom. The van der Waals surface area contributed by atoms with Gasteiger partial charge in [-0.1, -0.05) is 0 Å². The molecule has 0 bridgehead atoms. The monoisotopic (exact) mass is 186 g/mol. The third-order valence-electron chi connectivity index (χ3n) is 2.20. The molecular formula is C8H14N2OS. The van der Waals surface area contributed by atoms with Crippen molar-refractivity contribution in [1.29, 1.82) is 0 Å². The summed E-state index contributed by atoms with van der Waals surface area (Å²) < 4.78 is 5.74. The van der Waals surface area contributed by atoms with E-state index in [1.54, 1.807) is 11.8 Å². The Labute approximate surface area is 77.0 Å². The fraction of sp³-hybridized carbons (Fsp3) is 0.875. The van der Waals surface area contributed by atoms with E-state index in [0.717, 1.165) is 25.3 Å². The van der Waals surface area contributed by atoms with Crippen LogP contribution in [0.15, 0.2) is 4.99 Å². The zero-order valence-electron chi connectivity index (χ0n) is 7.25. The lowest BCUT2D eigenvalue weighted by Crippen LogP contribution is -2.39. The number of nitrogens with zero attached hydrogens (tertiary/aromatic N) is 1. The number of hydrogen-bond acceptors (Lipinski definition) is 4. The molecule has 68 valence electrons. The van der Waals surface area contributed by atoms with Crippen molar-refractivity contribution in [3.05, 3.63) is 0 Å². The van der Waals surface area contributed by atoms with Crippen LogP contribution >= 0.6 is 11.8 Å². The van der Waals surface area contributed by atoms with Gasteiger partial charge in [0.2, 0.25) is 0 Å². The molecule has 0 spiro atoms. The van der Waals surface area contributed by atoms with Crippen molar-refractivity contribution in [1.82, 2.24) is 5.32 Å². The maximum atomic E-state index is 5.74. The first-order valence-electron chi connectivity index (χ1n) is 4.32. The van der Waals surface area contributed by atoms with Crippen LogP contribution in [-0.2, 0) is 4.74 Å². The third kappa shape index (κ3) is 1.65. The highest BCUT2D eigenvalue weighted by Gasteiger charge is 2.29. The van der Waals surface area contributed by atoms with Crippen LogP contribution in [0, 0.1) is 0 Å². The summed E-state index contributed by atoms with van der Waals surface area (Å²) in [5.41, 5.74) is 1.22. The number of hydrogen-bond donors (Lipinski definition) is 1. The van der Waals surface area contributed by atoms with Gasteiger partial charge in [-0.05, 0) is 19.2 Å². The largest absolute Gasteiger partial charge is 0.346 e. The zero-order chi connectivity index (χ0) is 8.39. The second kappa shape index (κ2) is 3.77. The minimum atomic E-state index is 0.125. The summed E-state index contributed by atoms with van der Waals surface area (Å²) in [6.07, 6.45) is 3.62. The minimum absolute atomic E-state index is 0.125. The van der Waals surface area contributed by atoms with Gasteiger partial charge in [0.15, 0.2) is 6.23 Å². The zero-order valence-corrected chi connectivity index (χ0v) is 8.06. The van der Waals surface area contributed by atoms with Gasteiger partial charge >= 0.3 is 0 Å². The number of thioether (sulfide) groups is 1. The molecule has 1 fully saturated rings. The van der Waals surface area contributed by atoms with E-state index < -0.39 is 0 Å². The van der Waals surface area contributed by atoms with Gasteiger partial charge < -0.3 is 10.1 Å². The summed E-state index contributed by atoms with van der Waals surface area (Å²) >= 11 is 1.79. The van der Waals surface area contributed by atoms with Gasteiger partial charge in [-0.25, -0.2) is 0 Å². The Morgan fingerprint density at radius 2 is 2.67 bits per heavy atom. The van der Waals surface area contributed by atoms with E-state index >= 15 is 0 Å². The SMILES string of the molecule is CSCC1N=C2CNCCC2O1. The Balaban J connectivity index is 1.95. The number of aliphatic imine (C=N–C) groups is 1. The molecule has 2 atom stereocenters. The average molecular weight is 186 g/mol. The second-order valence-corrected chi connectivity index (χ2v) is 4.03. The summed E-state index contributed by atoms with van der Waals surface area (Å²) in [5.74, 6) is 0.986. The Morgan fingerprint density at radius 1 is 1.75 bits per heavy atom. The predicted molar refractivity (Wildman–Crippen MR) is 52.0 cm³/mol. The first-order chi connectivity index (χ1) is 5.90. The van der Waals surface area contributed by atoms with Crippen LogP contribution in [0.3, 0.4) is 0 Å². The van der Waals surface area contributed by atoms with Crippen molar-refractivity contribution < 1.29 is 4.74 Å². The van der Waals surface area contributed by atoms with E-state index in [1.165, 1.54) is 5.71 Å². The summed E-state index contributed by atoms with van der Waals surface area (Å²) in [7, 11) is 0. The molecule has 2 unspecified atom stereocenters. The van der Waals surface area contributed by atoms with Gasteiger partial charge in [-0.2, -0.15) is 11.8 Å². The van der Waals surface area contributed by atoms with Crippen LogP contribution < -0.4 is 5.32 Å². The molecule has 0 aromatic heterocycles. The molecule has 2 aliphatic heterocycles. The molecule has 0 aromatic carbocycles. The Bertz CT molecular complexity index is 195. The highest BCUT2D eigenvalue weighted by Crippen LogP contribution is 2.19. The molecule has 4 heteroatoms. The second-order valence-electron chi connectivity index (χ2n) is 3.12. The molecule has 2 aliphatic rings. The van der Waals surface area contributed by atoms with Crippen molar-refractivity contribution in [2.45, 2.75) is 18.8 Å². The van der Waals surface area contributed by atoms with E-state index in [9.17, 15) is 0 Å². The van der Waals surface area contributed by atoms with Crippen molar-refractivity contribution in [2.24, 2.45) is 4.99 Å². The quantitative estimate of drug-likeness (QED) is 0.682. The predicted octanol–water partition coefficient (Wildman–Crippen LogP) is 0.509. The van der Waals surface area contributed by atoms with E-state index in [0.29, 0.717) is 6.10 Å². The lowest BCUT2D eigenvalue weighted by Gasteiger charge is -2.19. The van der Waals surface area contributed by atoms with Crippen molar-refractivity contribution in [3.63, 3.8) is 0 Å². The van der Waals surface area contributed by atoms with E-state index in [1.807, 2.05) is 0 Å². The average Bonchev–Trinajstić information content (AvgIpc) is 2.47. The molecule has 1 saturated heterocycles. The van der Waals surface area contributed by atoms with Crippen molar-refractivity contribution in [2.75, 3.05) is 25.1 Å². The van der Waals surface area contributed by atoms with Gasteiger partial charge in [0.1, 0.15) is 6.10 Å². The van der Waals surface area contributed by atoms with Crippen LogP contribution in [-0.4, -0.2) is 43.1 Å². The molecule has 0 radical (unpaired) electrons. The van der Waals surface area contributed by atoms with Gasteiger partial charge in [0, 0.05) is 12.3 Å². The van der Waals surface area contributed by atoms with Crippen LogP contribution in [0.25, 0.3) is 0 Å².